The minimum absolute atomic E-state index is 0. The normalized spacial score (nSPS) is 9.79. The van der Waals surface area contributed by atoms with Crippen LogP contribution in [0.2, 0.25) is 0 Å². The molecule has 102 valence electrons. The molecule has 2 N–H and O–H groups in total. The Morgan fingerprint density at radius 1 is 1.00 bits per heavy atom. The van der Waals surface area contributed by atoms with Crippen LogP contribution in [0.5, 0.6) is 5.75 Å². The van der Waals surface area contributed by atoms with Crippen molar-refractivity contribution in [1.29, 1.82) is 0 Å². The number of hydrogen-bond acceptors (Lipinski definition) is 2. The van der Waals surface area contributed by atoms with Crippen molar-refractivity contribution < 1.29 is 4.74 Å². The highest BCUT2D eigenvalue weighted by molar-refractivity contribution is 14.1. The van der Waals surface area contributed by atoms with Crippen molar-refractivity contribution in [1.82, 2.24) is 0 Å². The van der Waals surface area contributed by atoms with Gasteiger partial charge in [0.15, 0.2) is 0 Å². The van der Waals surface area contributed by atoms with Gasteiger partial charge in [-0.25, -0.2) is 0 Å². The zero-order valence-electron chi connectivity index (χ0n) is 10.5. The average Bonchev–Trinajstić information content (AvgIpc) is 2.39. The third-order valence-electron chi connectivity index (χ3n) is 2.67. The van der Waals surface area contributed by atoms with Gasteiger partial charge in [-0.1, -0.05) is 36.4 Å². The van der Waals surface area contributed by atoms with E-state index in [0.717, 1.165) is 15.7 Å². The Hall–Kier alpha value is -0.780. The first-order valence-electron chi connectivity index (χ1n) is 5.95. The molecule has 2 rings (SSSR count). The van der Waals surface area contributed by atoms with E-state index in [9.17, 15) is 0 Å². The summed E-state index contributed by atoms with van der Waals surface area (Å²) in [6.45, 7) is 1.29. The molecule has 0 radical (unpaired) electrons. The Labute approximate surface area is 133 Å². The summed E-state index contributed by atoms with van der Waals surface area (Å²) in [7, 11) is 0. The summed E-state index contributed by atoms with van der Waals surface area (Å²) in [5, 5.41) is 0. The van der Waals surface area contributed by atoms with Crippen LogP contribution >= 0.6 is 35.0 Å². The van der Waals surface area contributed by atoms with Crippen molar-refractivity contribution in [2.45, 2.75) is 13.0 Å². The SMILES string of the molecule is Cl.NCCc1ccc(OCc2ccccc2)c(I)c1. The predicted molar refractivity (Wildman–Crippen MR) is 89.9 cm³/mol. The van der Waals surface area contributed by atoms with Gasteiger partial charge in [0.2, 0.25) is 0 Å². The van der Waals surface area contributed by atoms with E-state index in [-0.39, 0.29) is 12.4 Å². The summed E-state index contributed by atoms with van der Waals surface area (Å²) in [6.07, 6.45) is 0.912. The summed E-state index contributed by atoms with van der Waals surface area (Å²) in [5.41, 5.74) is 7.99. The number of hydrogen-bond donors (Lipinski definition) is 1. The van der Waals surface area contributed by atoms with Crippen molar-refractivity contribution >= 4 is 35.0 Å². The van der Waals surface area contributed by atoms with Crippen molar-refractivity contribution in [3.05, 3.63) is 63.2 Å². The third-order valence-corrected chi connectivity index (χ3v) is 3.51. The predicted octanol–water partition coefficient (Wildman–Crippen LogP) is 3.79. The summed E-state index contributed by atoms with van der Waals surface area (Å²) < 4.78 is 6.95. The van der Waals surface area contributed by atoms with Crippen LogP contribution in [0.1, 0.15) is 11.1 Å². The largest absolute Gasteiger partial charge is 0.488 e. The molecule has 2 nitrogen and oxygen atoms in total. The highest BCUT2D eigenvalue weighted by Crippen LogP contribution is 2.23. The van der Waals surface area contributed by atoms with Gasteiger partial charge in [0.1, 0.15) is 12.4 Å². The van der Waals surface area contributed by atoms with E-state index >= 15 is 0 Å². The van der Waals surface area contributed by atoms with Crippen LogP contribution in [0, 0.1) is 3.57 Å². The fraction of sp³-hybridized carbons (Fsp3) is 0.200. The van der Waals surface area contributed by atoms with Gasteiger partial charge in [-0.2, -0.15) is 0 Å². The maximum absolute atomic E-state index is 5.82. The minimum atomic E-state index is 0. The molecule has 0 atom stereocenters. The topological polar surface area (TPSA) is 35.2 Å². The van der Waals surface area contributed by atoms with Gasteiger partial charge >= 0.3 is 0 Å². The molecule has 0 fully saturated rings. The van der Waals surface area contributed by atoms with Crippen LogP contribution in [-0.4, -0.2) is 6.54 Å². The number of rotatable bonds is 5. The van der Waals surface area contributed by atoms with Crippen LogP contribution in [0.3, 0.4) is 0 Å². The molecule has 0 aromatic heterocycles. The monoisotopic (exact) mass is 389 g/mol. The lowest BCUT2D eigenvalue weighted by molar-refractivity contribution is 0.304. The second-order valence-electron chi connectivity index (χ2n) is 4.08. The highest BCUT2D eigenvalue weighted by atomic mass is 127. The zero-order valence-corrected chi connectivity index (χ0v) is 13.5. The lowest BCUT2D eigenvalue weighted by atomic mass is 10.1. The number of benzene rings is 2. The molecular weight excluding hydrogens is 373 g/mol. The first kappa shape index (κ1) is 16.3. The maximum Gasteiger partial charge on any atom is 0.133 e. The smallest absolute Gasteiger partial charge is 0.133 e. The second-order valence-corrected chi connectivity index (χ2v) is 5.24. The van der Waals surface area contributed by atoms with Crippen LogP contribution in [-0.2, 0) is 13.0 Å². The molecule has 2 aromatic carbocycles. The quantitative estimate of drug-likeness (QED) is 0.790. The lowest BCUT2D eigenvalue weighted by Gasteiger charge is -2.09. The van der Waals surface area contributed by atoms with E-state index in [0.29, 0.717) is 13.2 Å². The van der Waals surface area contributed by atoms with E-state index < -0.39 is 0 Å². The number of ether oxygens (including phenoxy) is 1. The molecule has 0 saturated heterocycles. The molecule has 0 saturated carbocycles. The Kier molecular flexibility index (Phi) is 7.20. The molecule has 0 spiro atoms. The van der Waals surface area contributed by atoms with Crippen LogP contribution < -0.4 is 10.5 Å². The molecule has 0 bridgehead atoms. The maximum atomic E-state index is 5.82. The van der Waals surface area contributed by atoms with Gasteiger partial charge < -0.3 is 10.5 Å². The van der Waals surface area contributed by atoms with Gasteiger partial charge in [0.25, 0.3) is 0 Å². The summed E-state index contributed by atoms with van der Waals surface area (Å²) in [4.78, 5) is 0. The summed E-state index contributed by atoms with van der Waals surface area (Å²) >= 11 is 2.30. The van der Waals surface area contributed by atoms with E-state index in [1.165, 1.54) is 11.1 Å². The van der Waals surface area contributed by atoms with Crippen molar-refractivity contribution in [3.8, 4) is 5.75 Å². The Bertz CT molecular complexity index is 505. The lowest BCUT2D eigenvalue weighted by Crippen LogP contribution is -2.03. The molecule has 0 heterocycles. The van der Waals surface area contributed by atoms with E-state index in [1.54, 1.807) is 0 Å². The second kappa shape index (κ2) is 8.40. The van der Waals surface area contributed by atoms with Gasteiger partial charge in [-0.3, -0.25) is 0 Å². The summed E-state index contributed by atoms with van der Waals surface area (Å²) in [5.74, 6) is 0.931. The Balaban J connectivity index is 0.00000180. The van der Waals surface area contributed by atoms with E-state index in [1.807, 2.05) is 24.3 Å². The third kappa shape index (κ3) is 5.01. The zero-order chi connectivity index (χ0) is 12.8. The van der Waals surface area contributed by atoms with Crippen LogP contribution in [0.4, 0.5) is 0 Å². The van der Waals surface area contributed by atoms with Gasteiger partial charge in [0.05, 0.1) is 3.57 Å². The van der Waals surface area contributed by atoms with Crippen molar-refractivity contribution in [2.24, 2.45) is 5.73 Å². The summed E-state index contributed by atoms with van der Waals surface area (Å²) in [6, 6.07) is 16.4. The fourth-order valence-electron chi connectivity index (χ4n) is 1.72. The molecule has 4 heteroatoms. The molecule has 2 aromatic rings. The van der Waals surface area contributed by atoms with Gasteiger partial charge in [-0.05, 0) is 58.8 Å². The van der Waals surface area contributed by atoms with E-state index in [4.69, 9.17) is 10.5 Å². The molecule has 0 amide bonds. The Morgan fingerprint density at radius 2 is 1.74 bits per heavy atom. The first-order chi connectivity index (χ1) is 8.79. The molecule has 0 unspecified atom stereocenters. The van der Waals surface area contributed by atoms with Crippen molar-refractivity contribution in [2.75, 3.05) is 6.54 Å². The molecule has 0 aliphatic heterocycles. The standard InChI is InChI=1S/C15H16INO.ClH/c16-14-10-12(8-9-17)6-7-15(14)18-11-13-4-2-1-3-5-13;/h1-7,10H,8-9,11,17H2;1H. The minimum Gasteiger partial charge on any atom is -0.488 e. The van der Waals surface area contributed by atoms with Crippen LogP contribution in [0.25, 0.3) is 0 Å². The fourth-order valence-corrected chi connectivity index (χ4v) is 2.45. The number of halogens is 2. The van der Waals surface area contributed by atoms with E-state index in [2.05, 4.69) is 46.9 Å². The highest BCUT2D eigenvalue weighted by Gasteiger charge is 2.02. The Morgan fingerprint density at radius 3 is 2.37 bits per heavy atom. The molecule has 19 heavy (non-hydrogen) atoms. The molecular formula is C15H17ClINO. The van der Waals surface area contributed by atoms with Gasteiger partial charge in [0, 0.05) is 0 Å². The number of nitrogens with two attached hydrogens (primary N) is 1. The van der Waals surface area contributed by atoms with Crippen molar-refractivity contribution in [3.63, 3.8) is 0 Å². The first-order valence-corrected chi connectivity index (χ1v) is 7.02. The molecule has 0 aliphatic carbocycles. The van der Waals surface area contributed by atoms with Gasteiger partial charge in [-0.15, -0.1) is 12.4 Å². The van der Waals surface area contributed by atoms with Crippen LogP contribution in [0.15, 0.2) is 48.5 Å². The average molecular weight is 390 g/mol. The molecule has 0 aliphatic rings.